The molecule has 2 rings (SSSR count). The second-order valence-corrected chi connectivity index (χ2v) is 6.75. The molecule has 1 aliphatic rings. The van der Waals surface area contributed by atoms with Crippen LogP contribution in [-0.2, 0) is 5.41 Å². The lowest BCUT2D eigenvalue weighted by molar-refractivity contribution is 0.493. The van der Waals surface area contributed by atoms with Crippen LogP contribution in [0.4, 0.5) is 0 Å². The second kappa shape index (κ2) is 5.40. The molecule has 0 amide bonds. The van der Waals surface area contributed by atoms with Crippen molar-refractivity contribution in [1.82, 2.24) is 5.32 Å². The maximum Gasteiger partial charge on any atom is 0.0459 e. The Morgan fingerprint density at radius 2 is 2.06 bits per heavy atom. The lowest BCUT2D eigenvalue weighted by Gasteiger charge is -2.20. The van der Waals surface area contributed by atoms with Crippen molar-refractivity contribution in [2.45, 2.75) is 32.6 Å². The monoisotopic (exact) mass is 285 g/mol. The SMILES string of the molecule is CC(C)CNCC1(c2ccc(Cl)cc2Cl)CC1C. The minimum Gasteiger partial charge on any atom is -0.316 e. The van der Waals surface area contributed by atoms with Crippen molar-refractivity contribution in [1.29, 1.82) is 0 Å². The van der Waals surface area contributed by atoms with Gasteiger partial charge in [0.1, 0.15) is 0 Å². The van der Waals surface area contributed by atoms with Crippen molar-refractivity contribution in [3.05, 3.63) is 33.8 Å². The van der Waals surface area contributed by atoms with Crippen LogP contribution < -0.4 is 5.32 Å². The molecule has 1 fully saturated rings. The van der Waals surface area contributed by atoms with Crippen molar-refractivity contribution < 1.29 is 0 Å². The maximum absolute atomic E-state index is 6.35. The van der Waals surface area contributed by atoms with Crippen LogP contribution >= 0.6 is 23.2 Å². The molecule has 0 spiro atoms. The van der Waals surface area contributed by atoms with Gasteiger partial charge in [-0.25, -0.2) is 0 Å². The maximum atomic E-state index is 6.35. The van der Waals surface area contributed by atoms with E-state index in [1.54, 1.807) is 0 Å². The van der Waals surface area contributed by atoms with Gasteiger partial charge in [0.05, 0.1) is 0 Å². The molecule has 18 heavy (non-hydrogen) atoms. The number of hydrogen-bond donors (Lipinski definition) is 1. The summed E-state index contributed by atoms with van der Waals surface area (Å²) in [4.78, 5) is 0. The average Bonchev–Trinajstić information content (AvgIpc) is 2.89. The van der Waals surface area contributed by atoms with Crippen molar-refractivity contribution in [3.63, 3.8) is 0 Å². The first-order valence-electron chi connectivity index (χ1n) is 6.62. The number of halogens is 2. The van der Waals surface area contributed by atoms with Crippen LogP contribution in [0.5, 0.6) is 0 Å². The van der Waals surface area contributed by atoms with Crippen molar-refractivity contribution in [2.75, 3.05) is 13.1 Å². The lowest BCUT2D eigenvalue weighted by Crippen LogP contribution is -2.31. The van der Waals surface area contributed by atoms with E-state index in [-0.39, 0.29) is 5.41 Å². The molecule has 0 saturated heterocycles. The molecule has 0 bridgehead atoms. The Morgan fingerprint density at radius 3 is 2.56 bits per heavy atom. The number of hydrogen-bond acceptors (Lipinski definition) is 1. The molecular weight excluding hydrogens is 265 g/mol. The first-order chi connectivity index (χ1) is 8.45. The predicted octanol–water partition coefficient (Wildman–Crippen LogP) is 4.52. The topological polar surface area (TPSA) is 12.0 Å². The van der Waals surface area contributed by atoms with Gasteiger partial charge in [-0.3, -0.25) is 0 Å². The third kappa shape index (κ3) is 2.84. The molecule has 2 atom stereocenters. The molecule has 1 N–H and O–H groups in total. The fourth-order valence-electron chi connectivity index (χ4n) is 2.68. The minimum absolute atomic E-state index is 0.219. The van der Waals surface area contributed by atoms with E-state index >= 15 is 0 Å². The number of rotatable bonds is 5. The van der Waals surface area contributed by atoms with E-state index in [4.69, 9.17) is 23.2 Å². The van der Waals surface area contributed by atoms with Gasteiger partial charge in [0.2, 0.25) is 0 Å². The highest BCUT2D eigenvalue weighted by atomic mass is 35.5. The molecule has 1 nitrogen and oxygen atoms in total. The van der Waals surface area contributed by atoms with Gasteiger partial charge in [-0.15, -0.1) is 0 Å². The van der Waals surface area contributed by atoms with Gasteiger partial charge >= 0.3 is 0 Å². The summed E-state index contributed by atoms with van der Waals surface area (Å²) in [7, 11) is 0. The van der Waals surface area contributed by atoms with E-state index in [0.29, 0.717) is 16.9 Å². The van der Waals surface area contributed by atoms with E-state index in [2.05, 4.69) is 32.2 Å². The van der Waals surface area contributed by atoms with E-state index in [1.807, 2.05) is 12.1 Å². The van der Waals surface area contributed by atoms with Gasteiger partial charge in [-0.05, 0) is 42.5 Å². The van der Waals surface area contributed by atoms with E-state index in [1.165, 1.54) is 12.0 Å². The summed E-state index contributed by atoms with van der Waals surface area (Å²) < 4.78 is 0. The largest absolute Gasteiger partial charge is 0.316 e. The van der Waals surface area contributed by atoms with Crippen molar-refractivity contribution in [3.8, 4) is 0 Å². The lowest BCUT2D eigenvalue weighted by atomic mass is 9.93. The summed E-state index contributed by atoms with van der Waals surface area (Å²) >= 11 is 12.3. The normalized spacial score (nSPS) is 26.7. The molecule has 0 aromatic heterocycles. The quantitative estimate of drug-likeness (QED) is 0.839. The Bertz CT molecular complexity index is 431. The Kier molecular flexibility index (Phi) is 4.25. The van der Waals surface area contributed by atoms with Crippen LogP contribution in [0, 0.1) is 11.8 Å². The molecule has 0 heterocycles. The molecule has 1 aromatic rings. The third-order valence-electron chi connectivity index (χ3n) is 3.91. The average molecular weight is 286 g/mol. The van der Waals surface area contributed by atoms with Gasteiger partial charge in [-0.2, -0.15) is 0 Å². The van der Waals surface area contributed by atoms with Crippen molar-refractivity contribution >= 4 is 23.2 Å². The molecule has 1 aromatic carbocycles. The molecule has 1 aliphatic carbocycles. The zero-order chi connectivity index (χ0) is 13.3. The summed E-state index contributed by atoms with van der Waals surface area (Å²) in [5.74, 6) is 1.37. The zero-order valence-electron chi connectivity index (χ0n) is 11.3. The summed E-state index contributed by atoms with van der Waals surface area (Å²) in [6, 6.07) is 5.89. The number of benzene rings is 1. The van der Waals surface area contributed by atoms with Crippen LogP contribution in [-0.4, -0.2) is 13.1 Å². The van der Waals surface area contributed by atoms with Crippen molar-refractivity contribution in [2.24, 2.45) is 11.8 Å². The zero-order valence-corrected chi connectivity index (χ0v) is 12.8. The van der Waals surface area contributed by atoms with E-state index in [0.717, 1.165) is 18.1 Å². The highest BCUT2D eigenvalue weighted by molar-refractivity contribution is 6.35. The van der Waals surface area contributed by atoms with Gasteiger partial charge in [-0.1, -0.05) is 50.0 Å². The first-order valence-corrected chi connectivity index (χ1v) is 7.37. The van der Waals surface area contributed by atoms with Gasteiger partial charge < -0.3 is 5.32 Å². The van der Waals surface area contributed by atoms with Gasteiger partial charge in [0.25, 0.3) is 0 Å². The van der Waals surface area contributed by atoms with Crippen LogP contribution in [0.3, 0.4) is 0 Å². The molecule has 100 valence electrons. The molecule has 3 heteroatoms. The standard InChI is InChI=1S/C15H21Cl2N/c1-10(2)8-18-9-15(7-11(15)3)13-5-4-12(16)6-14(13)17/h4-6,10-11,18H,7-9H2,1-3H3. The highest BCUT2D eigenvalue weighted by Crippen LogP contribution is 2.55. The summed E-state index contributed by atoms with van der Waals surface area (Å²) in [5, 5.41) is 5.08. The molecule has 2 unspecified atom stereocenters. The summed E-state index contributed by atoms with van der Waals surface area (Å²) in [5.41, 5.74) is 1.47. The predicted molar refractivity (Wildman–Crippen MR) is 79.6 cm³/mol. The molecule has 0 radical (unpaired) electrons. The molecule has 0 aliphatic heterocycles. The Hall–Kier alpha value is -0.240. The molecular formula is C15H21Cl2N. The van der Waals surface area contributed by atoms with Crippen LogP contribution in [0.25, 0.3) is 0 Å². The first kappa shape index (κ1) is 14.2. The van der Waals surface area contributed by atoms with Crippen LogP contribution in [0.1, 0.15) is 32.8 Å². The molecule has 1 saturated carbocycles. The van der Waals surface area contributed by atoms with E-state index < -0.39 is 0 Å². The van der Waals surface area contributed by atoms with Crippen LogP contribution in [0.2, 0.25) is 10.0 Å². The summed E-state index contributed by atoms with van der Waals surface area (Å²) in [6.07, 6.45) is 1.21. The summed E-state index contributed by atoms with van der Waals surface area (Å²) in [6.45, 7) is 8.81. The highest BCUT2D eigenvalue weighted by Gasteiger charge is 2.52. The Labute approximate surface area is 120 Å². The third-order valence-corrected chi connectivity index (χ3v) is 4.46. The fourth-order valence-corrected chi connectivity index (χ4v) is 3.28. The fraction of sp³-hybridized carbons (Fsp3) is 0.600. The van der Waals surface area contributed by atoms with Crippen LogP contribution in [0.15, 0.2) is 18.2 Å². The second-order valence-electron chi connectivity index (χ2n) is 5.91. The Balaban J connectivity index is 2.12. The van der Waals surface area contributed by atoms with Gasteiger partial charge in [0, 0.05) is 22.0 Å². The number of nitrogens with one attached hydrogen (secondary N) is 1. The van der Waals surface area contributed by atoms with Gasteiger partial charge in [0.15, 0.2) is 0 Å². The Morgan fingerprint density at radius 1 is 1.39 bits per heavy atom. The minimum atomic E-state index is 0.219. The smallest absolute Gasteiger partial charge is 0.0459 e. The van der Waals surface area contributed by atoms with E-state index in [9.17, 15) is 0 Å².